The Balaban J connectivity index is 2.01. The molecule has 7 nitrogen and oxygen atoms in total. The lowest BCUT2D eigenvalue weighted by Gasteiger charge is -2.48. The molecule has 2 fully saturated rings. The number of hydrogen-bond donors (Lipinski definition) is 1. The number of nitrogens with zero attached hydrogens (tertiary/aromatic N) is 1. The number of rotatable bonds is 4. The Morgan fingerprint density at radius 3 is 2.21 bits per heavy atom. The molecule has 0 aromatic rings. The van der Waals surface area contributed by atoms with Crippen LogP contribution in [-0.2, 0) is 18.8 Å². The Hall–Kier alpha value is -1.41. The average molecular weight is 427 g/mol. The summed E-state index contributed by atoms with van der Waals surface area (Å²) in [5.74, 6) is -0.701. The minimum absolute atomic E-state index is 0.0240. The summed E-state index contributed by atoms with van der Waals surface area (Å²) in [5, 5.41) is 2.97. The summed E-state index contributed by atoms with van der Waals surface area (Å²) in [6.45, 7) is 18.7. The van der Waals surface area contributed by atoms with Crippen molar-refractivity contribution >= 4 is 26.1 Å². The van der Waals surface area contributed by atoms with E-state index < -0.39 is 20.0 Å². The van der Waals surface area contributed by atoms with E-state index in [1.54, 1.807) is 20.8 Å². The van der Waals surface area contributed by atoms with Crippen molar-refractivity contribution in [2.24, 2.45) is 11.8 Å². The van der Waals surface area contributed by atoms with Gasteiger partial charge in [-0.05, 0) is 52.2 Å². The van der Waals surface area contributed by atoms with E-state index in [9.17, 15) is 14.4 Å². The third-order valence-electron chi connectivity index (χ3n) is 6.35. The van der Waals surface area contributed by atoms with Gasteiger partial charge in [-0.1, -0.05) is 20.8 Å². The molecule has 0 bridgehead atoms. The number of hydrogen-bond acceptors (Lipinski definition) is 5. The van der Waals surface area contributed by atoms with Crippen LogP contribution in [0.15, 0.2) is 0 Å². The molecule has 2 heterocycles. The van der Waals surface area contributed by atoms with Gasteiger partial charge in [0.25, 0.3) is 0 Å². The van der Waals surface area contributed by atoms with Gasteiger partial charge in [0.05, 0.1) is 24.6 Å². The van der Waals surface area contributed by atoms with Gasteiger partial charge in [0.2, 0.25) is 5.91 Å². The van der Waals surface area contributed by atoms with Gasteiger partial charge in [0.1, 0.15) is 5.60 Å². The highest BCUT2D eigenvalue weighted by Crippen LogP contribution is 2.40. The molecule has 0 aliphatic carbocycles. The van der Waals surface area contributed by atoms with Crippen LogP contribution >= 0.6 is 0 Å². The minimum atomic E-state index is -2.02. The normalized spacial score (nSPS) is 27.2. The summed E-state index contributed by atoms with van der Waals surface area (Å²) in [5.41, 5.74) is -0.597. The van der Waals surface area contributed by atoms with E-state index in [1.807, 2.05) is 6.92 Å². The lowest BCUT2D eigenvalue weighted by Crippen LogP contribution is -2.68. The second-order valence-corrected chi connectivity index (χ2v) is 15.7. The molecule has 0 radical (unpaired) electrons. The molecule has 2 amide bonds. The molecule has 2 aliphatic rings. The number of carbonyl (C=O) groups is 3. The number of nitrogens with one attached hydrogen (secondary N) is 1. The fourth-order valence-corrected chi connectivity index (χ4v) is 5.12. The third-order valence-corrected chi connectivity index (χ3v) is 10.9. The largest absolute Gasteiger partial charge is 0.444 e. The van der Waals surface area contributed by atoms with Crippen molar-refractivity contribution in [1.29, 1.82) is 0 Å². The van der Waals surface area contributed by atoms with E-state index in [0.29, 0.717) is 13.0 Å². The van der Waals surface area contributed by atoms with E-state index in [2.05, 4.69) is 39.2 Å². The highest BCUT2D eigenvalue weighted by atomic mass is 28.4. The third kappa shape index (κ3) is 5.39. The molecule has 0 unspecified atom stereocenters. The topological polar surface area (TPSA) is 84.9 Å². The van der Waals surface area contributed by atoms with Gasteiger partial charge >= 0.3 is 6.09 Å². The van der Waals surface area contributed by atoms with E-state index >= 15 is 0 Å². The van der Waals surface area contributed by atoms with Crippen molar-refractivity contribution in [2.45, 2.75) is 90.8 Å². The Morgan fingerprint density at radius 1 is 1.17 bits per heavy atom. The molecule has 8 heteroatoms. The first-order valence-corrected chi connectivity index (χ1v) is 13.4. The molecule has 2 rings (SSSR count). The van der Waals surface area contributed by atoms with Gasteiger partial charge in [-0.2, -0.15) is 0 Å². The SMILES string of the molecule is C[C@@H](O[Si](C)(C)C(C)(C)C)[C@H]1C(=O)N[C@@H]1[C@H]1CCN(C(=O)OC(C)(C)C)CC1=O. The Bertz CT molecular complexity index is 665. The van der Waals surface area contributed by atoms with Crippen LogP contribution in [0.4, 0.5) is 4.79 Å². The lowest BCUT2D eigenvalue weighted by atomic mass is 9.74. The number of carbonyl (C=O) groups excluding carboxylic acids is 3. The summed E-state index contributed by atoms with van der Waals surface area (Å²) < 4.78 is 11.8. The van der Waals surface area contributed by atoms with Gasteiger partial charge in [0.15, 0.2) is 14.1 Å². The zero-order valence-corrected chi connectivity index (χ0v) is 20.4. The molecule has 29 heavy (non-hydrogen) atoms. The molecular weight excluding hydrogens is 388 g/mol. The average Bonchev–Trinajstić information content (AvgIpc) is 2.49. The maximum Gasteiger partial charge on any atom is 0.410 e. The summed E-state index contributed by atoms with van der Waals surface area (Å²) in [7, 11) is -2.02. The molecule has 0 saturated carbocycles. The number of piperidine rings is 1. The predicted molar refractivity (Wildman–Crippen MR) is 114 cm³/mol. The van der Waals surface area contributed by atoms with E-state index in [0.717, 1.165) is 0 Å². The quantitative estimate of drug-likeness (QED) is 0.550. The van der Waals surface area contributed by atoms with Crippen molar-refractivity contribution < 1.29 is 23.5 Å². The molecule has 166 valence electrons. The van der Waals surface area contributed by atoms with Crippen molar-refractivity contribution in [3.63, 3.8) is 0 Å². The molecule has 2 aliphatic heterocycles. The van der Waals surface area contributed by atoms with Gasteiger partial charge < -0.3 is 19.4 Å². The number of amides is 2. The highest BCUT2D eigenvalue weighted by molar-refractivity contribution is 6.74. The van der Waals surface area contributed by atoms with Gasteiger partial charge in [-0.15, -0.1) is 0 Å². The molecule has 1 N–H and O–H groups in total. The maximum absolute atomic E-state index is 12.8. The summed E-state index contributed by atoms with van der Waals surface area (Å²) in [6, 6.07) is -0.226. The Morgan fingerprint density at radius 2 is 1.76 bits per heavy atom. The van der Waals surface area contributed by atoms with Crippen molar-refractivity contribution in [3.05, 3.63) is 0 Å². The van der Waals surface area contributed by atoms with Crippen LogP contribution in [0.5, 0.6) is 0 Å². The van der Waals surface area contributed by atoms with Gasteiger partial charge in [0, 0.05) is 12.5 Å². The van der Waals surface area contributed by atoms with Crippen molar-refractivity contribution in [3.8, 4) is 0 Å². The standard InChI is InChI=1S/C21H38N2O5Si/c1-13(28-29(8,9)21(5,6)7)16-17(22-18(16)25)14-10-11-23(12-15(14)24)19(26)27-20(2,3)4/h13-14,16-17H,10-12H2,1-9H3,(H,22,25)/t13-,14+,16-,17-/m1/s1. The fraction of sp³-hybridized carbons (Fsp3) is 0.857. The second-order valence-electron chi connectivity index (χ2n) is 10.9. The second kappa shape index (κ2) is 8.02. The van der Waals surface area contributed by atoms with Crippen LogP contribution < -0.4 is 5.32 Å². The summed E-state index contributed by atoms with van der Waals surface area (Å²) >= 11 is 0. The monoisotopic (exact) mass is 426 g/mol. The smallest absolute Gasteiger partial charge is 0.410 e. The molecule has 0 aromatic carbocycles. The molecule has 0 aromatic heterocycles. The molecular formula is C21H38N2O5Si. The van der Waals surface area contributed by atoms with Crippen molar-refractivity contribution in [2.75, 3.05) is 13.1 Å². The highest BCUT2D eigenvalue weighted by Gasteiger charge is 2.52. The number of Topliss-reactive ketones (excluding diaryl/α,β-unsaturated/α-hetero) is 1. The van der Waals surface area contributed by atoms with E-state index in [1.165, 1.54) is 4.90 Å². The fourth-order valence-electron chi connectivity index (χ4n) is 3.69. The zero-order valence-electron chi connectivity index (χ0n) is 19.4. The summed E-state index contributed by atoms with van der Waals surface area (Å²) in [4.78, 5) is 38.8. The maximum atomic E-state index is 12.8. The minimum Gasteiger partial charge on any atom is -0.444 e. The molecule has 4 atom stereocenters. The molecule has 2 saturated heterocycles. The van der Waals surface area contributed by atoms with Crippen LogP contribution in [0, 0.1) is 11.8 Å². The number of ether oxygens (including phenoxy) is 1. The number of ketones is 1. The first-order valence-electron chi connectivity index (χ1n) is 10.5. The van der Waals surface area contributed by atoms with Crippen LogP contribution in [0.1, 0.15) is 54.9 Å². The van der Waals surface area contributed by atoms with Crippen LogP contribution in [0.3, 0.4) is 0 Å². The van der Waals surface area contributed by atoms with Crippen molar-refractivity contribution in [1.82, 2.24) is 10.2 Å². The Labute approximate surface area is 176 Å². The lowest BCUT2D eigenvalue weighted by molar-refractivity contribution is -0.146. The predicted octanol–water partition coefficient (Wildman–Crippen LogP) is 3.34. The molecule has 0 spiro atoms. The van der Waals surface area contributed by atoms with Crippen LogP contribution in [0.2, 0.25) is 18.1 Å². The number of likely N-dealkylation sites (tertiary alicyclic amines) is 1. The van der Waals surface area contributed by atoms with Gasteiger partial charge in [-0.3, -0.25) is 9.59 Å². The van der Waals surface area contributed by atoms with Crippen LogP contribution in [0.25, 0.3) is 0 Å². The van der Waals surface area contributed by atoms with E-state index in [4.69, 9.17) is 9.16 Å². The van der Waals surface area contributed by atoms with E-state index in [-0.39, 0.29) is 47.3 Å². The Kier molecular flexibility index (Phi) is 6.60. The first-order chi connectivity index (χ1) is 13.0. The first kappa shape index (κ1) is 23.9. The zero-order chi connectivity index (χ0) is 22.4. The van der Waals surface area contributed by atoms with Gasteiger partial charge in [-0.25, -0.2) is 4.79 Å². The van der Waals surface area contributed by atoms with Crippen LogP contribution in [-0.4, -0.2) is 61.8 Å². The number of β-lactam (4-membered cyclic amide) rings is 1. The summed E-state index contributed by atoms with van der Waals surface area (Å²) in [6.07, 6.45) is -0.189.